The molecule has 0 aromatic heterocycles. The summed E-state index contributed by atoms with van der Waals surface area (Å²) < 4.78 is 32.2. The molecule has 0 N–H and O–H groups in total. The van der Waals surface area contributed by atoms with Gasteiger partial charge in [-0.05, 0) is 30.7 Å². The smallest absolute Gasteiger partial charge is 0.254 e. The molecule has 0 unspecified atom stereocenters. The number of hydrogen-bond acceptors (Lipinski definition) is 4. The summed E-state index contributed by atoms with van der Waals surface area (Å²) in [5.74, 6) is 0.544. The maximum Gasteiger partial charge on any atom is 0.254 e. The molecular weight excluding hydrogens is 364 g/mol. The third-order valence-electron chi connectivity index (χ3n) is 4.50. The van der Waals surface area contributed by atoms with Gasteiger partial charge in [0.15, 0.2) is 0 Å². The lowest BCUT2D eigenvalue weighted by Crippen LogP contribution is -2.50. The number of sulfonamides is 1. The average molecular weight is 388 g/mol. The van der Waals surface area contributed by atoms with Crippen LogP contribution in [0.15, 0.2) is 54.6 Å². The summed E-state index contributed by atoms with van der Waals surface area (Å²) in [6.45, 7) is 3.81. The molecule has 3 rings (SSSR count). The number of benzene rings is 2. The Morgan fingerprint density at radius 3 is 2.37 bits per heavy atom. The van der Waals surface area contributed by atoms with Crippen LogP contribution in [0.4, 0.5) is 0 Å². The third kappa shape index (κ3) is 4.87. The van der Waals surface area contributed by atoms with Gasteiger partial charge in [-0.15, -0.1) is 0 Å². The van der Waals surface area contributed by atoms with Crippen molar-refractivity contribution in [2.75, 3.05) is 32.8 Å². The molecule has 7 heteroatoms. The first-order chi connectivity index (χ1) is 13.0. The van der Waals surface area contributed by atoms with Gasteiger partial charge < -0.3 is 9.64 Å². The van der Waals surface area contributed by atoms with Gasteiger partial charge in [0.1, 0.15) is 5.75 Å². The van der Waals surface area contributed by atoms with E-state index in [1.165, 1.54) is 4.31 Å². The van der Waals surface area contributed by atoms with Gasteiger partial charge in [-0.2, -0.15) is 4.31 Å². The molecule has 1 saturated heterocycles. The largest absolute Gasteiger partial charge is 0.494 e. The summed E-state index contributed by atoms with van der Waals surface area (Å²) in [5, 5.41) is 0. The van der Waals surface area contributed by atoms with Crippen LogP contribution in [0.3, 0.4) is 0 Å². The Morgan fingerprint density at radius 2 is 1.70 bits per heavy atom. The normalized spacial score (nSPS) is 15.5. The minimum atomic E-state index is -3.39. The van der Waals surface area contributed by atoms with Crippen molar-refractivity contribution in [1.82, 2.24) is 9.21 Å². The van der Waals surface area contributed by atoms with Crippen molar-refractivity contribution in [1.29, 1.82) is 0 Å². The Labute approximate surface area is 160 Å². The molecule has 2 aromatic rings. The summed E-state index contributed by atoms with van der Waals surface area (Å²) in [4.78, 5) is 14.4. The lowest BCUT2D eigenvalue weighted by atomic mass is 10.1. The molecule has 1 fully saturated rings. The summed E-state index contributed by atoms with van der Waals surface area (Å²) in [7, 11) is -3.39. The minimum absolute atomic E-state index is 0.0157. The Morgan fingerprint density at radius 1 is 1.00 bits per heavy atom. The van der Waals surface area contributed by atoms with E-state index in [4.69, 9.17) is 4.74 Å². The fourth-order valence-electron chi connectivity index (χ4n) is 3.11. The maximum absolute atomic E-state index is 12.7. The van der Waals surface area contributed by atoms with E-state index in [9.17, 15) is 13.2 Å². The molecule has 0 spiro atoms. The molecule has 1 amide bonds. The molecule has 144 valence electrons. The van der Waals surface area contributed by atoms with E-state index in [1.807, 2.05) is 43.3 Å². The number of carbonyl (C=O) groups is 1. The van der Waals surface area contributed by atoms with Crippen molar-refractivity contribution < 1.29 is 17.9 Å². The molecule has 6 nitrogen and oxygen atoms in total. The van der Waals surface area contributed by atoms with Gasteiger partial charge in [0.25, 0.3) is 5.91 Å². The number of rotatable bonds is 6. The van der Waals surface area contributed by atoms with Gasteiger partial charge in [0.05, 0.1) is 12.4 Å². The Balaban J connectivity index is 1.61. The Bertz CT molecular complexity index is 876. The van der Waals surface area contributed by atoms with E-state index in [-0.39, 0.29) is 11.7 Å². The molecular formula is C20H24N2O4S. The molecule has 1 heterocycles. The molecule has 0 radical (unpaired) electrons. The standard InChI is InChI=1S/C20H24N2O4S/c1-2-26-19-10-6-9-18(15-19)20(23)21-11-13-22(14-12-21)27(24,25)16-17-7-4-3-5-8-17/h3-10,15H,2,11-14,16H2,1H3. The minimum Gasteiger partial charge on any atom is -0.494 e. The topological polar surface area (TPSA) is 66.9 Å². The SMILES string of the molecule is CCOc1cccc(C(=O)N2CCN(S(=O)(=O)Cc3ccccc3)CC2)c1. The van der Waals surface area contributed by atoms with Crippen LogP contribution in [0, 0.1) is 0 Å². The van der Waals surface area contributed by atoms with E-state index < -0.39 is 10.0 Å². The van der Waals surface area contributed by atoms with Gasteiger partial charge in [0.2, 0.25) is 10.0 Å². The molecule has 0 atom stereocenters. The first kappa shape index (κ1) is 19.4. The van der Waals surface area contributed by atoms with Crippen molar-refractivity contribution >= 4 is 15.9 Å². The Hall–Kier alpha value is -2.38. The molecule has 0 saturated carbocycles. The van der Waals surface area contributed by atoms with Crippen LogP contribution < -0.4 is 4.74 Å². The zero-order valence-corrected chi connectivity index (χ0v) is 16.2. The zero-order chi connectivity index (χ0) is 19.3. The second-order valence-corrected chi connectivity index (χ2v) is 8.36. The lowest BCUT2D eigenvalue weighted by molar-refractivity contribution is 0.0697. The van der Waals surface area contributed by atoms with Crippen molar-refractivity contribution in [2.24, 2.45) is 0 Å². The van der Waals surface area contributed by atoms with Crippen LogP contribution >= 0.6 is 0 Å². The second-order valence-electron chi connectivity index (χ2n) is 6.39. The number of carbonyl (C=O) groups excluding carboxylic acids is 1. The molecule has 2 aromatic carbocycles. The first-order valence-electron chi connectivity index (χ1n) is 9.03. The van der Waals surface area contributed by atoms with E-state index in [1.54, 1.807) is 23.1 Å². The van der Waals surface area contributed by atoms with Crippen LogP contribution in [0.5, 0.6) is 5.75 Å². The quantitative estimate of drug-likeness (QED) is 0.762. The molecule has 0 aliphatic carbocycles. The van der Waals surface area contributed by atoms with Gasteiger partial charge in [-0.25, -0.2) is 8.42 Å². The van der Waals surface area contributed by atoms with E-state index >= 15 is 0 Å². The summed E-state index contributed by atoms with van der Waals surface area (Å²) in [6, 6.07) is 16.2. The average Bonchev–Trinajstić information content (AvgIpc) is 2.68. The number of nitrogens with zero attached hydrogens (tertiary/aromatic N) is 2. The van der Waals surface area contributed by atoms with Gasteiger partial charge >= 0.3 is 0 Å². The van der Waals surface area contributed by atoms with Crippen LogP contribution in [-0.2, 0) is 15.8 Å². The molecule has 1 aliphatic rings. The van der Waals surface area contributed by atoms with Crippen molar-refractivity contribution in [3.8, 4) is 5.75 Å². The predicted octanol–water partition coefficient (Wildman–Crippen LogP) is 2.37. The van der Waals surface area contributed by atoms with Crippen molar-refractivity contribution in [3.63, 3.8) is 0 Å². The van der Waals surface area contributed by atoms with Gasteiger partial charge in [-0.1, -0.05) is 36.4 Å². The number of hydrogen-bond donors (Lipinski definition) is 0. The number of piperazine rings is 1. The fourth-order valence-corrected chi connectivity index (χ4v) is 4.63. The summed E-state index contributed by atoms with van der Waals surface area (Å²) >= 11 is 0. The molecule has 1 aliphatic heterocycles. The van der Waals surface area contributed by atoms with Crippen LogP contribution in [0.2, 0.25) is 0 Å². The highest BCUT2D eigenvalue weighted by Gasteiger charge is 2.29. The Kier molecular flexibility index (Phi) is 6.13. The van der Waals surface area contributed by atoms with Crippen LogP contribution in [0.25, 0.3) is 0 Å². The predicted molar refractivity (Wildman–Crippen MR) is 104 cm³/mol. The number of amides is 1. The second kappa shape index (κ2) is 8.54. The summed E-state index contributed by atoms with van der Waals surface area (Å²) in [5.41, 5.74) is 1.32. The highest BCUT2D eigenvalue weighted by Crippen LogP contribution is 2.18. The van der Waals surface area contributed by atoms with Crippen molar-refractivity contribution in [3.05, 3.63) is 65.7 Å². The van der Waals surface area contributed by atoms with Crippen LogP contribution in [-0.4, -0.2) is 56.3 Å². The lowest BCUT2D eigenvalue weighted by Gasteiger charge is -2.34. The fraction of sp³-hybridized carbons (Fsp3) is 0.350. The van der Waals surface area contributed by atoms with E-state index in [0.717, 1.165) is 5.56 Å². The summed E-state index contributed by atoms with van der Waals surface area (Å²) in [6.07, 6.45) is 0. The number of ether oxygens (including phenoxy) is 1. The first-order valence-corrected chi connectivity index (χ1v) is 10.6. The van der Waals surface area contributed by atoms with Gasteiger partial charge in [0, 0.05) is 31.7 Å². The van der Waals surface area contributed by atoms with Crippen LogP contribution in [0.1, 0.15) is 22.8 Å². The maximum atomic E-state index is 12.7. The molecule has 0 bridgehead atoms. The van der Waals surface area contributed by atoms with Crippen molar-refractivity contribution in [2.45, 2.75) is 12.7 Å². The highest BCUT2D eigenvalue weighted by atomic mass is 32.2. The monoisotopic (exact) mass is 388 g/mol. The van der Waals surface area contributed by atoms with Gasteiger partial charge in [-0.3, -0.25) is 4.79 Å². The molecule has 27 heavy (non-hydrogen) atoms. The van der Waals surface area contributed by atoms with E-state index in [0.29, 0.717) is 44.1 Å². The highest BCUT2D eigenvalue weighted by molar-refractivity contribution is 7.88. The zero-order valence-electron chi connectivity index (χ0n) is 15.4. The van der Waals surface area contributed by atoms with E-state index in [2.05, 4.69) is 0 Å². The third-order valence-corrected chi connectivity index (χ3v) is 6.35.